The Labute approximate surface area is 160 Å². The average molecular weight is 395 g/mol. The highest BCUT2D eigenvalue weighted by molar-refractivity contribution is 6.17. The highest BCUT2D eigenvalue weighted by Crippen LogP contribution is 2.63. The Kier molecular flexibility index (Phi) is 3.72. The van der Waals surface area contributed by atoms with Crippen LogP contribution in [0.5, 0.6) is 0 Å². The summed E-state index contributed by atoms with van der Waals surface area (Å²) in [6.45, 7) is 6.55. The number of amides is 1. The van der Waals surface area contributed by atoms with Crippen LogP contribution < -0.4 is 0 Å². The Bertz CT molecular complexity index is 814. The van der Waals surface area contributed by atoms with E-state index in [4.69, 9.17) is 18.9 Å². The Morgan fingerprint density at radius 1 is 1.18 bits per heavy atom. The van der Waals surface area contributed by atoms with Crippen molar-refractivity contribution in [2.45, 2.75) is 63.5 Å². The maximum atomic E-state index is 13.3. The molecule has 0 radical (unpaired) electrons. The number of hydrogen-bond acceptors (Lipinski definition) is 9. The lowest BCUT2D eigenvalue weighted by atomic mass is 9.74. The van der Waals surface area contributed by atoms with Crippen LogP contribution in [0.15, 0.2) is 0 Å². The van der Waals surface area contributed by atoms with Gasteiger partial charge in [0.15, 0.2) is 5.72 Å². The Morgan fingerprint density at radius 3 is 2.43 bits per heavy atom. The van der Waals surface area contributed by atoms with Crippen molar-refractivity contribution in [3.63, 3.8) is 0 Å². The van der Waals surface area contributed by atoms with E-state index in [9.17, 15) is 24.0 Å². The molecule has 0 N–H and O–H groups in total. The summed E-state index contributed by atoms with van der Waals surface area (Å²) in [5.74, 6) is -7.06. The van der Waals surface area contributed by atoms with Crippen molar-refractivity contribution in [3.8, 4) is 0 Å². The molecule has 1 spiro atoms. The molecule has 4 fully saturated rings. The van der Waals surface area contributed by atoms with Crippen LogP contribution in [0.1, 0.15) is 40.5 Å². The quantitative estimate of drug-likeness (QED) is 0.359. The molecule has 0 aliphatic carbocycles. The molecule has 0 unspecified atom stereocenters. The molecule has 28 heavy (non-hydrogen) atoms. The van der Waals surface area contributed by atoms with Crippen LogP contribution in [0.4, 0.5) is 0 Å². The van der Waals surface area contributed by atoms with Crippen LogP contribution >= 0.6 is 0 Å². The second-order valence-corrected chi connectivity index (χ2v) is 8.36. The largest absolute Gasteiger partial charge is 0.463 e. The number of esters is 4. The van der Waals surface area contributed by atoms with E-state index in [1.807, 2.05) is 0 Å². The van der Waals surface area contributed by atoms with Crippen molar-refractivity contribution in [3.05, 3.63) is 0 Å². The van der Waals surface area contributed by atoms with Crippen molar-refractivity contribution < 1.29 is 42.9 Å². The van der Waals surface area contributed by atoms with E-state index in [0.717, 1.165) is 4.90 Å². The third kappa shape index (κ3) is 2.09. The zero-order chi connectivity index (χ0) is 20.6. The van der Waals surface area contributed by atoms with Gasteiger partial charge in [-0.25, -0.2) is 9.59 Å². The van der Waals surface area contributed by atoms with E-state index in [2.05, 4.69) is 0 Å². The molecule has 1 amide bonds. The monoisotopic (exact) mass is 395 g/mol. The predicted octanol–water partition coefficient (Wildman–Crippen LogP) is -0.323. The van der Waals surface area contributed by atoms with Gasteiger partial charge in [0.25, 0.3) is 11.5 Å². The molecule has 4 rings (SSSR count). The van der Waals surface area contributed by atoms with Crippen molar-refractivity contribution in [1.82, 2.24) is 4.90 Å². The van der Waals surface area contributed by atoms with E-state index in [1.54, 1.807) is 27.7 Å². The zero-order valence-corrected chi connectivity index (χ0v) is 16.0. The molecule has 4 aliphatic heterocycles. The van der Waals surface area contributed by atoms with Gasteiger partial charge in [0, 0.05) is 0 Å². The van der Waals surface area contributed by atoms with Gasteiger partial charge in [0.1, 0.15) is 23.5 Å². The standard InChI is InChI=1S/C18H21NO9/c1-5-25-15(24)18-10-9(12(21)26-13(10)22)17(28-18)7-6-8(19(17)14(18)23)11(20)27-16(2,3)4/h8-10H,5-7H2,1-4H3/t8-,9+,10-,17-,18+/m1/s1. The summed E-state index contributed by atoms with van der Waals surface area (Å²) in [6, 6.07) is -1.03. The van der Waals surface area contributed by atoms with Gasteiger partial charge in [-0.2, -0.15) is 0 Å². The number of ether oxygens (including phenoxy) is 4. The molecule has 0 aromatic carbocycles. The lowest BCUT2D eigenvalue weighted by Crippen LogP contribution is -2.63. The number of nitrogens with zero attached hydrogens (tertiary/aromatic N) is 1. The third-order valence-corrected chi connectivity index (χ3v) is 5.59. The van der Waals surface area contributed by atoms with Gasteiger partial charge in [0.2, 0.25) is 0 Å². The van der Waals surface area contributed by atoms with E-state index in [-0.39, 0.29) is 19.4 Å². The fourth-order valence-electron chi connectivity index (χ4n) is 4.77. The lowest BCUT2D eigenvalue weighted by molar-refractivity contribution is -0.183. The highest BCUT2D eigenvalue weighted by atomic mass is 16.6. The zero-order valence-electron chi connectivity index (χ0n) is 16.0. The van der Waals surface area contributed by atoms with Gasteiger partial charge in [-0.15, -0.1) is 0 Å². The smallest absolute Gasteiger partial charge is 0.349 e. The highest BCUT2D eigenvalue weighted by Gasteiger charge is 2.87. The Morgan fingerprint density at radius 2 is 1.82 bits per heavy atom. The van der Waals surface area contributed by atoms with Crippen LogP contribution in [0, 0.1) is 11.8 Å². The minimum atomic E-state index is -2.31. The van der Waals surface area contributed by atoms with Gasteiger partial charge >= 0.3 is 23.9 Å². The van der Waals surface area contributed by atoms with Crippen LogP contribution in [-0.2, 0) is 42.9 Å². The van der Waals surface area contributed by atoms with Crippen molar-refractivity contribution in [2.24, 2.45) is 11.8 Å². The SMILES string of the molecule is CCOC(=O)[C@@]12O[C@]3(CC[C@H](C(=O)OC(C)(C)C)N3C1=O)[C@@H]1C(=O)OC(=O)[C@@H]12. The summed E-state index contributed by atoms with van der Waals surface area (Å²) in [5.41, 5.74) is -4.71. The fraction of sp³-hybridized carbons (Fsp3) is 0.722. The molecule has 10 heteroatoms. The molecule has 0 saturated carbocycles. The maximum Gasteiger partial charge on any atom is 0.349 e. The van der Waals surface area contributed by atoms with Crippen molar-refractivity contribution in [2.75, 3.05) is 6.61 Å². The predicted molar refractivity (Wildman–Crippen MR) is 87.0 cm³/mol. The van der Waals surface area contributed by atoms with Gasteiger partial charge in [-0.05, 0) is 40.5 Å². The van der Waals surface area contributed by atoms with Crippen LogP contribution in [0.2, 0.25) is 0 Å². The molecule has 4 aliphatic rings. The number of piperidine rings is 1. The number of rotatable bonds is 3. The summed E-state index contributed by atoms with van der Waals surface area (Å²) in [7, 11) is 0. The fourth-order valence-corrected chi connectivity index (χ4v) is 4.77. The maximum absolute atomic E-state index is 13.3. The first-order valence-corrected chi connectivity index (χ1v) is 9.19. The molecular weight excluding hydrogens is 374 g/mol. The van der Waals surface area contributed by atoms with E-state index >= 15 is 0 Å². The van der Waals surface area contributed by atoms with Gasteiger partial charge in [-0.3, -0.25) is 19.3 Å². The molecular formula is C18H21NO9. The van der Waals surface area contributed by atoms with Gasteiger partial charge in [0.05, 0.1) is 6.61 Å². The Hall–Kier alpha value is -2.49. The summed E-state index contributed by atoms with van der Waals surface area (Å²) < 4.78 is 21.0. The molecule has 4 saturated heterocycles. The molecule has 5 atom stereocenters. The summed E-state index contributed by atoms with van der Waals surface area (Å²) in [5, 5.41) is 0. The van der Waals surface area contributed by atoms with Crippen molar-refractivity contribution in [1.29, 1.82) is 0 Å². The topological polar surface area (TPSA) is 126 Å². The van der Waals surface area contributed by atoms with Crippen LogP contribution in [0.3, 0.4) is 0 Å². The van der Waals surface area contributed by atoms with E-state index in [1.165, 1.54) is 0 Å². The van der Waals surface area contributed by atoms with Gasteiger partial charge in [-0.1, -0.05) is 0 Å². The minimum absolute atomic E-state index is 0.0555. The number of cyclic esters (lactones) is 2. The molecule has 2 bridgehead atoms. The Balaban J connectivity index is 1.79. The lowest BCUT2D eigenvalue weighted by Gasteiger charge is -2.37. The number of fused-ring (bicyclic) bond motifs is 3. The number of carbonyl (C=O) groups is 5. The minimum Gasteiger partial charge on any atom is -0.463 e. The van der Waals surface area contributed by atoms with Crippen LogP contribution in [0.25, 0.3) is 0 Å². The second kappa shape index (κ2) is 5.53. The number of carbonyl (C=O) groups excluding carboxylic acids is 5. The van der Waals surface area contributed by atoms with Crippen molar-refractivity contribution >= 4 is 29.8 Å². The van der Waals surface area contributed by atoms with E-state index in [0.29, 0.717) is 0 Å². The molecule has 0 aromatic rings. The second-order valence-electron chi connectivity index (χ2n) is 8.36. The van der Waals surface area contributed by atoms with Crippen LogP contribution in [-0.4, -0.2) is 64.3 Å². The first kappa shape index (κ1) is 18.9. The third-order valence-electron chi connectivity index (χ3n) is 5.59. The van der Waals surface area contributed by atoms with E-state index < -0.39 is 64.6 Å². The molecule has 152 valence electrons. The number of hydrogen-bond donors (Lipinski definition) is 0. The molecule has 4 heterocycles. The molecule has 10 nitrogen and oxygen atoms in total. The molecule has 0 aromatic heterocycles. The first-order chi connectivity index (χ1) is 13.0. The normalized spacial score (nSPS) is 38.4. The first-order valence-electron chi connectivity index (χ1n) is 9.19. The summed E-state index contributed by atoms with van der Waals surface area (Å²) >= 11 is 0. The summed E-state index contributed by atoms with van der Waals surface area (Å²) in [4.78, 5) is 64.6. The summed E-state index contributed by atoms with van der Waals surface area (Å²) in [6.07, 6.45) is 0.262. The average Bonchev–Trinajstić information content (AvgIpc) is 3.24. The van der Waals surface area contributed by atoms with Gasteiger partial charge < -0.3 is 18.9 Å².